The normalized spacial score (nSPS) is 20.6. The van der Waals surface area contributed by atoms with Crippen molar-refractivity contribution in [1.29, 1.82) is 0 Å². The average molecular weight is 807 g/mol. The van der Waals surface area contributed by atoms with Crippen molar-refractivity contribution in [3.8, 4) is 0 Å². The summed E-state index contributed by atoms with van der Waals surface area (Å²) in [7, 11) is 0. The second-order valence-electron chi connectivity index (χ2n) is 16.0. The number of unbranched alkanes of at least 4 members (excludes halogenated alkanes) is 4. The molecule has 0 radical (unpaired) electrons. The first-order valence-corrected chi connectivity index (χ1v) is 20.9. The van der Waals surface area contributed by atoms with Crippen LogP contribution in [0.5, 0.6) is 0 Å². The molecule has 8 rings (SSSR count). The maximum atomic E-state index is 14.8. The van der Waals surface area contributed by atoms with Gasteiger partial charge < -0.3 is 30.5 Å². The Morgan fingerprint density at radius 3 is 2.37 bits per heavy atom. The number of ether oxygens (including phenoxy) is 1. The summed E-state index contributed by atoms with van der Waals surface area (Å²) in [6.45, 7) is 4.95. The van der Waals surface area contributed by atoms with Crippen LogP contribution in [-0.2, 0) is 43.4 Å². The molecule has 4 heterocycles. The van der Waals surface area contributed by atoms with E-state index in [-0.39, 0.29) is 48.7 Å². The minimum absolute atomic E-state index is 0.0925. The fourth-order valence-electron chi connectivity index (χ4n) is 8.84. The summed E-state index contributed by atoms with van der Waals surface area (Å²) in [4.78, 5) is 74.7. The van der Waals surface area contributed by atoms with E-state index in [0.717, 1.165) is 53.5 Å². The summed E-state index contributed by atoms with van der Waals surface area (Å²) in [5.74, 6) is -0.389. The molecule has 4 aliphatic rings. The molecule has 308 valence electrons. The highest BCUT2D eigenvalue weighted by Crippen LogP contribution is 2.46. The molecule has 0 spiro atoms. The van der Waals surface area contributed by atoms with Crippen LogP contribution in [-0.4, -0.2) is 69.9 Å². The molecule has 60 heavy (non-hydrogen) atoms. The Morgan fingerprint density at radius 1 is 0.833 bits per heavy atom. The number of nitrogens with one attached hydrogen (secondary N) is 3. The van der Waals surface area contributed by atoms with E-state index in [2.05, 4.69) is 22.5 Å². The van der Waals surface area contributed by atoms with Crippen LogP contribution in [0, 0.1) is 0 Å². The van der Waals surface area contributed by atoms with Gasteiger partial charge in [0.25, 0.3) is 11.8 Å². The Morgan fingerprint density at radius 2 is 1.57 bits per heavy atom. The highest BCUT2D eigenvalue weighted by Gasteiger charge is 2.57. The van der Waals surface area contributed by atoms with Crippen LogP contribution in [0.4, 0.5) is 5.69 Å². The first-order valence-electron chi connectivity index (χ1n) is 20.9. The van der Waals surface area contributed by atoms with E-state index in [1.165, 1.54) is 0 Å². The molecule has 3 atom stereocenters. The SMILES string of the molecule is C=C1NC(=O)CCC1N1Cc2c(NC(=O)CCCCCCCNC(=O)CN3Cc4ccccc4[C@@H]4OC(c5ccccc5)=N[C@]4(Cc4ccccc4)C3=O)cccc2C1=O. The van der Waals surface area contributed by atoms with E-state index in [0.29, 0.717) is 68.0 Å². The van der Waals surface area contributed by atoms with E-state index >= 15 is 0 Å². The van der Waals surface area contributed by atoms with Gasteiger partial charge in [-0.25, -0.2) is 4.99 Å². The monoisotopic (exact) mass is 806 g/mol. The number of rotatable bonds is 15. The number of fused-ring (bicyclic) bond motifs is 4. The molecule has 0 aromatic heterocycles. The quantitative estimate of drug-likeness (QED) is 0.119. The summed E-state index contributed by atoms with van der Waals surface area (Å²) >= 11 is 0. The molecule has 1 unspecified atom stereocenters. The summed E-state index contributed by atoms with van der Waals surface area (Å²) in [6.07, 6.45) is 4.98. The molecule has 3 N–H and O–H groups in total. The molecule has 0 bridgehead atoms. The number of carbonyl (C=O) groups is 5. The molecule has 5 amide bonds. The van der Waals surface area contributed by atoms with Crippen molar-refractivity contribution in [3.05, 3.63) is 149 Å². The molecule has 1 fully saturated rings. The van der Waals surface area contributed by atoms with E-state index in [1.54, 1.807) is 21.9 Å². The molecule has 12 heteroatoms. The number of aliphatic imine (C=N–C) groups is 1. The lowest BCUT2D eigenvalue weighted by molar-refractivity contribution is -0.142. The van der Waals surface area contributed by atoms with Crippen LogP contribution in [0.3, 0.4) is 0 Å². The van der Waals surface area contributed by atoms with E-state index in [1.807, 2.05) is 91.0 Å². The Hall–Kier alpha value is -6.56. The third-order valence-corrected chi connectivity index (χ3v) is 11.9. The lowest BCUT2D eigenvalue weighted by Gasteiger charge is -2.32. The summed E-state index contributed by atoms with van der Waals surface area (Å²) < 4.78 is 6.62. The Balaban J connectivity index is 0.816. The fraction of sp³-hybridized carbons (Fsp3) is 0.333. The van der Waals surface area contributed by atoms with Crippen molar-refractivity contribution >= 4 is 41.1 Å². The second kappa shape index (κ2) is 17.7. The summed E-state index contributed by atoms with van der Waals surface area (Å²) in [5.41, 5.74) is 4.75. The number of benzene rings is 4. The van der Waals surface area contributed by atoms with Gasteiger partial charge in [-0.1, -0.05) is 105 Å². The van der Waals surface area contributed by atoms with Crippen molar-refractivity contribution in [3.63, 3.8) is 0 Å². The van der Waals surface area contributed by atoms with Crippen molar-refractivity contribution < 1.29 is 28.7 Å². The van der Waals surface area contributed by atoms with Gasteiger partial charge in [0.1, 0.15) is 0 Å². The van der Waals surface area contributed by atoms with Crippen LogP contribution >= 0.6 is 0 Å². The molecule has 1 saturated heterocycles. The van der Waals surface area contributed by atoms with Gasteiger partial charge in [-0.05, 0) is 54.7 Å². The zero-order valence-corrected chi connectivity index (χ0v) is 33.7. The second-order valence-corrected chi connectivity index (χ2v) is 16.0. The van der Waals surface area contributed by atoms with Gasteiger partial charge in [0.15, 0.2) is 11.6 Å². The van der Waals surface area contributed by atoms with Crippen LogP contribution in [0.1, 0.15) is 95.6 Å². The summed E-state index contributed by atoms with van der Waals surface area (Å²) in [5, 5.41) is 8.79. The van der Waals surface area contributed by atoms with Crippen LogP contribution in [0.2, 0.25) is 0 Å². The van der Waals surface area contributed by atoms with Crippen LogP contribution in [0.25, 0.3) is 0 Å². The third-order valence-electron chi connectivity index (χ3n) is 11.9. The number of nitrogens with zero attached hydrogens (tertiary/aromatic N) is 3. The molecule has 0 aliphatic carbocycles. The lowest BCUT2D eigenvalue weighted by atomic mass is 9.81. The van der Waals surface area contributed by atoms with E-state index in [9.17, 15) is 24.0 Å². The molecular weight excluding hydrogens is 757 g/mol. The maximum absolute atomic E-state index is 14.8. The number of anilines is 1. The van der Waals surface area contributed by atoms with Gasteiger partial charge in [0.05, 0.1) is 12.6 Å². The number of amides is 5. The van der Waals surface area contributed by atoms with Crippen molar-refractivity contribution in [2.75, 3.05) is 18.4 Å². The standard InChI is InChI=1S/C48H50N6O6/c1-32-40(25-26-42(56)50-32)54-30-38-37(46(54)58)22-15-23-39(38)51-41(55)24-11-3-2-4-14-27-49-43(57)31-53-29-35-20-12-13-21-36(35)44-48(47(53)59,28-33-16-7-5-8-17-33)52-45(60-44)34-18-9-6-10-19-34/h5-10,12-13,15-23,40,44H,1-4,11,14,24-31H2,(H,49,57)(H,50,56)(H,51,55)/t40?,44-,48-/m0/s1. The topological polar surface area (TPSA) is 150 Å². The largest absolute Gasteiger partial charge is 0.466 e. The third kappa shape index (κ3) is 8.45. The Labute approximate surface area is 350 Å². The van der Waals surface area contributed by atoms with Crippen LogP contribution in [0.15, 0.2) is 120 Å². The Bertz CT molecular complexity index is 2330. The van der Waals surface area contributed by atoms with Gasteiger partial charge in [-0.15, -0.1) is 0 Å². The van der Waals surface area contributed by atoms with Gasteiger partial charge >= 0.3 is 0 Å². The molecule has 4 aromatic rings. The van der Waals surface area contributed by atoms with Crippen molar-refractivity contribution in [2.45, 2.75) is 88.6 Å². The zero-order chi connectivity index (χ0) is 41.6. The Kier molecular flexibility index (Phi) is 11.9. The van der Waals surface area contributed by atoms with Gasteiger partial charge in [0.2, 0.25) is 23.6 Å². The van der Waals surface area contributed by atoms with Crippen molar-refractivity contribution in [1.82, 2.24) is 20.4 Å². The predicted octanol–water partition coefficient (Wildman–Crippen LogP) is 6.37. The number of piperidine rings is 1. The first kappa shape index (κ1) is 40.2. The first-order chi connectivity index (χ1) is 29.2. The molecule has 12 nitrogen and oxygen atoms in total. The van der Waals surface area contributed by atoms with Gasteiger partial charge in [-0.2, -0.15) is 0 Å². The molecular formula is C48H50N6O6. The number of hydrogen-bond acceptors (Lipinski definition) is 7. The molecule has 4 aliphatic heterocycles. The van der Waals surface area contributed by atoms with E-state index in [4.69, 9.17) is 9.73 Å². The highest BCUT2D eigenvalue weighted by atomic mass is 16.5. The number of carbonyl (C=O) groups excluding carboxylic acids is 5. The average Bonchev–Trinajstić information content (AvgIpc) is 3.78. The van der Waals surface area contributed by atoms with Crippen molar-refractivity contribution in [2.24, 2.45) is 4.99 Å². The maximum Gasteiger partial charge on any atom is 0.256 e. The zero-order valence-electron chi connectivity index (χ0n) is 33.7. The number of hydrogen-bond donors (Lipinski definition) is 3. The van der Waals surface area contributed by atoms with Gasteiger partial charge in [0, 0.05) is 72.5 Å². The minimum atomic E-state index is -1.30. The van der Waals surface area contributed by atoms with E-state index < -0.39 is 11.6 Å². The van der Waals surface area contributed by atoms with Gasteiger partial charge in [-0.3, -0.25) is 24.0 Å². The summed E-state index contributed by atoms with van der Waals surface area (Å²) in [6, 6.07) is 32.4. The smallest absolute Gasteiger partial charge is 0.256 e. The highest BCUT2D eigenvalue weighted by molar-refractivity contribution is 6.03. The van der Waals surface area contributed by atoms with Crippen LogP contribution < -0.4 is 16.0 Å². The lowest BCUT2D eigenvalue weighted by Crippen LogP contribution is -2.52. The fourth-order valence-corrected chi connectivity index (χ4v) is 8.84. The molecule has 4 aromatic carbocycles. The molecule has 0 saturated carbocycles. The predicted molar refractivity (Wildman–Crippen MR) is 228 cm³/mol. The minimum Gasteiger partial charge on any atom is -0.466 e.